The predicted octanol–water partition coefficient (Wildman–Crippen LogP) is 1.63. The van der Waals surface area contributed by atoms with E-state index in [2.05, 4.69) is 15.3 Å². The van der Waals surface area contributed by atoms with Crippen LogP contribution in [0.5, 0.6) is 0 Å². The van der Waals surface area contributed by atoms with Crippen molar-refractivity contribution >= 4 is 46.0 Å². The number of hydrogen-bond donors (Lipinski definition) is 3. The Morgan fingerprint density at radius 2 is 2.00 bits per heavy atom. The van der Waals surface area contributed by atoms with Crippen LogP contribution in [0, 0.1) is 0 Å². The van der Waals surface area contributed by atoms with Crippen molar-refractivity contribution in [2.24, 2.45) is 16.5 Å². The molecule has 0 fully saturated rings. The summed E-state index contributed by atoms with van der Waals surface area (Å²) in [6.45, 7) is 0. The second-order valence-electron chi connectivity index (χ2n) is 4.70. The van der Waals surface area contributed by atoms with Gasteiger partial charge in [0.05, 0.1) is 5.69 Å². The zero-order valence-corrected chi connectivity index (χ0v) is 14.4. The molecule has 24 heavy (non-hydrogen) atoms. The number of nitrogens with one attached hydrogen (secondary N) is 1. The first-order valence-corrected chi connectivity index (χ1v) is 9.09. The van der Waals surface area contributed by atoms with Gasteiger partial charge in [0.25, 0.3) is 5.91 Å². The Hall–Kier alpha value is -2.39. The Kier molecular flexibility index (Phi) is 6.76. The molecule has 0 bridgehead atoms. The molecule has 0 saturated heterocycles. The smallest absolute Gasteiger partial charge is 0.257 e. The van der Waals surface area contributed by atoms with Crippen LogP contribution >= 0.6 is 23.1 Å². The average Bonchev–Trinajstić information content (AvgIpc) is 2.99. The van der Waals surface area contributed by atoms with Gasteiger partial charge in [0, 0.05) is 28.9 Å². The number of nitrogens with two attached hydrogens (primary N) is 2. The van der Waals surface area contributed by atoms with Crippen molar-refractivity contribution in [1.29, 1.82) is 0 Å². The Morgan fingerprint density at radius 1 is 1.25 bits per heavy atom. The van der Waals surface area contributed by atoms with Crippen molar-refractivity contribution in [3.05, 3.63) is 47.0 Å². The van der Waals surface area contributed by atoms with Crippen LogP contribution in [-0.4, -0.2) is 28.5 Å². The molecule has 1 aromatic heterocycles. The number of nitrogens with zero attached hydrogens (tertiary/aromatic N) is 2. The number of amides is 2. The monoisotopic (exact) mass is 363 g/mol. The Morgan fingerprint density at radius 3 is 2.71 bits per heavy atom. The van der Waals surface area contributed by atoms with E-state index in [-0.39, 0.29) is 24.2 Å². The minimum atomic E-state index is -0.382. The Balaban J connectivity index is 1.68. The van der Waals surface area contributed by atoms with Crippen molar-refractivity contribution in [3.8, 4) is 0 Å². The minimum absolute atomic E-state index is 0.0247. The maximum Gasteiger partial charge on any atom is 0.257 e. The van der Waals surface area contributed by atoms with E-state index in [0.29, 0.717) is 22.2 Å². The number of hydrogen-bond acceptors (Lipinski definition) is 6. The standard InChI is InChI=1S/C15H17N5O2S2/c16-14(17)20-15-18-11(9-24-15)8-23-7-6-12(21)19-13(22)10-4-2-1-3-5-10/h1-5,9H,6-8H2,(H,19,21,22)(H4,16,17,18,20). The molecule has 0 aliphatic carbocycles. The van der Waals surface area contributed by atoms with Gasteiger partial charge in [-0.05, 0) is 12.1 Å². The van der Waals surface area contributed by atoms with Gasteiger partial charge in [0.1, 0.15) is 0 Å². The first kappa shape index (κ1) is 18.0. The number of thioether (sulfide) groups is 1. The van der Waals surface area contributed by atoms with Gasteiger partial charge < -0.3 is 11.5 Å². The Labute approximate surface area is 147 Å². The number of carbonyl (C=O) groups excluding carboxylic acids is 2. The third-order valence-corrected chi connectivity index (χ3v) is 4.55. The van der Waals surface area contributed by atoms with Crippen LogP contribution in [0.25, 0.3) is 0 Å². The largest absolute Gasteiger partial charge is 0.370 e. The highest BCUT2D eigenvalue weighted by atomic mass is 32.2. The fourth-order valence-electron chi connectivity index (χ4n) is 1.72. The molecule has 1 heterocycles. The van der Waals surface area contributed by atoms with Crippen LogP contribution in [-0.2, 0) is 10.5 Å². The molecular weight excluding hydrogens is 346 g/mol. The van der Waals surface area contributed by atoms with Gasteiger partial charge in [0.15, 0.2) is 5.96 Å². The third kappa shape index (κ3) is 6.01. The van der Waals surface area contributed by atoms with Gasteiger partial charge >= 0.3 is 0 Å². The van der Waals surface area contributed by atoms with E-state index in [9.17, 15) is 9.59 Å². The molecule has 9 heteroatoms. The molecule has 1 aromatic carbocycles. The van der Waals surface area contributed by atoms with E-state index in [4.69, 9.17) is 11.5 Å². The summed E-state index contributed by atoms with van der Waals surface area (Å²) in [7, 11) is 0. The van der Waals surface area contributed by atoms with Gasteiger partial charge in [0.2, 0.25) is 11.0 Å². The molecule has 2 amide bonds. The Bertz CT molecular complexity index is 726. The van der Waals surface area contributed by atoms with Crippen LogP contribution in [0.3, 0.4) is 0 Å². The third-order valence-electron chi connectivity index (χ3n) is 2.78. The SMILES string of the molecule is NC(N)=Nc1nc(CSCCC(=O)NC(=O)c2ccccc2)cs1. The number of aliphatic imine (C=N–C) groups is 1. The quantitative estimate of drug-likeness (QED) is 0.390. The summed E-state index contributed by atoms with van der Waals surface area (Å²) >= 11 is 2.90. The highest BCUT2D eigenvalue weighted by Crippen LogP contribution is 2.21. The fraction of sp³-hybridized carbons (Fsp3) is 0.200. The zero-order valence-electron chi connectivity index (χ0n) is 12.8. The first-order valence-electron chi connectivity index (χ1n) is 7.05. The second kappa shape index (κ2) is 9.04. The summed E-state index contributed by atoms with van der Waals surface area (Å²) in [4.78, 5) is 31.7. The summed E-state index contributed by atoms with van der Waals surface area (Å²) < 4.78 is 0. The normalized spacial score (nSPS) is 10.2. The van der Waals surface area contributed by atoms with Gasteiger partial charge in [-0.2, -0.15) is 16.8 Å². The molecule has 126 valence electrons. The summed E-state index contributed by atoms with van der Waals surface area (Å²) in [5.74, 6) is 0.533. The lowest BCUT2D eigenvalue weighted by molar-refractivity contribution is -0.119. The molecule has 0 aliphatic rings. The topological polar surface area (TPSA) is 123 Å². The average molecular weight is 363 g/mol. The molecule has 2 aromatic rings. The lowest BCUT2D eigenvalue weighted by atomic mass is 10.2. The van der Waals surface area contributed by atoms with Crippen molar-refractivity contribution in [3.63, 3.8) is 0 Å². The predicted molar refractivity (Wildman–Crippen MR) is 97.3 cm³/mol. The lowest BCUT2D eigenvalue weighted by Crippen LogP contribution is -2.30. The van der Waals surface area contributed by atoms with Crippen molar-refractivity contribution in [2.45, 2.75) is 12.2 Å². The second-order valence-corrected chi connectivity index (χ2v) is 6.65. The molecule has 5 N–H and O–H groups in total. The molecule has 0 saturated carbocycles. The fourth-order valence-corrected chi connectivity index (χ4v) is 3.36. The first-order chi connectivity index (χ1) is 11.5. The summed E-state index contributed by atoms with van der Waals surface area (Å²) in [6.07, 6.45) is 0.258. The van der Waals surface area contributed by atoms with Gasteiger partial charge in [-0.25, -0.2) is 4.98 Å². The molecule has 2 rings (SSSR count). The molecule has 0 spiro atoms. The van der Waals surface area contributed by atoms with E-state index in [1.807, 2.05) is 11.4 Å². The van der Waals surface area contributed by atoms with E-state index < -0.39 is 0 Å². The number of benzene rings is 1. The van der Waals surface area contributed by atoms with Crippen LogP contribution in [0.15, 0.2) is 40.7 Å². The maximum absolute atomic E-state index is 11.8. The van der Waals surface area contributed by atoms with E-state index in [1.54, 1.807) is 36.0 Å². The van der Waals surface area contributed by atoms with Gasteiger partial charge in [-0.3, -0.25) is 14.9 Å². The molecular formula is C15H17N5O2S2. The number of rotatable bonds is 7. The van der Waals surface area contributed by atoms with E-state index in [0.717, 1.165) is 5.69 Å². The van der Waals surface area contributed by atoms with Crippen molar-refractivity contribution in [2.75, 3.05) is 5.75 Å². The number of aromatic nitrogens is 1. The molecule has 0 unspecified atom stereocenters. The maximum atomic E-state index is 11.8. The molecule has 7 nitrogen and oxygen atoms in total. The van der Waals surface area contributed by atoms with Crippen LogP contribution in [0.2, 0.25) is 0 Å². The highest BCUT2D eigenvalue weighted by Gasteiger charge is 2.09. The summed E-state index contributed by atoms with van der Waals surface area (Å²) in [6, 6.07) is 8.63. The highest BCUT2D eigenvalue weighted by molar-refractivity contribution is 7.98. The van der Waals surface area contributed by atoms with E-state index in [1.165, 1.54) is 11.3 Å². The zero-order chi connectivity index (χ0) is 17.4. The van der Waals surface area contributed by atoms with Crippen molar-refractivity contribution < 1.29 is 9.59 Å². The molecule has 0 radical (unpaired) electrons. The van der Waals surface area contributed by atoms with Crippen LogP contribution < -0.4 is 16.8 Å². The number of imide groups is 1. The van der Waals surface area contributed by atoms with Crippen molar-refractivity contribution in [1.82, 2.24) is 10.3 Å². The van der Waals surface area contributed by atoms with Gasteiger partial charge in [-0.15, -0.1) is 11.3 Å². The van der Waals surface area contributed by atoms with Gasteiger partial charge in [-0.1, -0.05) is 18.2 Å². The summed E-state index contributed by atoms with van der Waals surface area (Å²) in [5, 5.41) is 4.75. The lowest BCUT2D eigenvalue weighted by Gasteiger charge is -2.03. The number of thiazole rings is 1. The van der Waals surface area contributed by atoms with E-state index >= 15 is 0 Å². The van der Waals surface area contributed by atoms with Crippen LogP contribution in [0.1, 0.15) is 22.5 Å². The summed E-state index contributed by atoms with van der Waals surface area (Å²) in [5.41, 5.74) is 11.9. The number of carbonyl (C=O) groups is 2. The molecule has 0 atom stereocenters. The minimum Gasteiger partial charge on any atom is -0.370 e. The van der Waals surface area contributed by atoms with Crippen LogP contribution in [0.4, 0.5) is 5.13 Å². The number of guanidine groups is 1. The molecule has 0 aliphatic heterocycles.